The summed E-state index contributed by atoms with van der Waals surface area (Å²) in [7, 11) is 0. The Morgan fingerprint density at radius 2 is 0.965 bits per heavy atom. The fourth-order valence-corrected chi connectivity index (χ4v) is 6.06. The summed E-state index contributed by atoms with van der Waals surface area (Å²) in [5, 5.41) is 47.6. The molecule has 0 radical (unpaired) electrons. The summed E-state index contributed by atoms with van der Waals surface area (Å²) in [6.45, 7) is 1.50. The van der Waals surface area contributed by atoms with Crippen molar-refractivity contribution in [1.29, 1.82) is 0 Å². The van der Waals surface area contributed by atoms with Gasteiger partial charge in [-0.05, 0) is 32.1 Å². The number of carbonyl (C=O) groups excluding carboxylic acids is 8. The molecule has 1 rings (SSSR count). The average Bonchev–Trinajstić information content (AvgIpc) is 3.64. The molecule has 4 atom stereocenters. The van der Waals surface area contributed by atoms with Gasteiger partial charge in [-0.15, -0.1) is 0 Å². The summed E-state index contributed by atoms with van der Waals surface area (Å²) in [5.41, 5.74) is 0. The predicted octanol–water partition coefficient (Wildman–Crippen LogP) is -1.58. The number of hydrogen-bond acceptors (Lipinski definition) is 11. The van der Waals surface area contributed by atoms with E-state index in [2.05, 4.69) is 49.5 Å². The lowest BCUT2D eigenvalue weighted by atomic mass is 10.0. The Labute approximate surface area is 335 Å². The van der Waals surface area contributed by atoms with Crippen LogP contribution >= 0.6 is 0 Å². The maximum absolute atomic E-state index is 13.8. The van der Waals surface area contributed by atoms with Crippen molar-refractivity contribution in [3.63, 3.8) is 0 Å². The molecule has 1 aliphatic heterocycles. The zero-order valence-electron chi connectivity index (χ0n) is 33.6. The van der Waals surface area contributed by atoms with Gasteiger partial charge in [-0.2, -0.15) is 0 Å². The minimum atomic E-state index is -1.44. The Morgan fingerprint density at radius 1 is 0.561 bits per heavy atom. The van der Waals surface area contributed by atoms with Gasteiger partial charge >= 0.3 is 0 Å². The van der Waals surface area contributed by atoms with Crippen LogP contribution in [0.4, 0.5) is 0 Å². The van der Waals surface area contributed by atoms with Gasteiger partial charge in [-0.3, -0.25) is 38.4 Å². The molecule has 0 unspecified atom stereocenters. The van der Waals surface area contributed by atoms with Crippen LogP contribution in [0, 0.1) is 0 Å². The van der Waals surface area contributed by atoms with E-state index in [1.54, 1.807) is 0 Å². The third kappa shape index (κ3) is 24.1. The van der Waals surface area contributed by atoms with Gasteiger partial charge in [0.1, 0.15) is 24.2 Å². The van der Waals surface area contributed by atoms with E-state index in [1.165, 1.54) is 32.1 Å². The summed E-state index contributed by atoms with van der Waals surface area (Å²) >= 11 is 0. The van der Waals surface area contributed by atoms with E-state index in [1.807, 2.05) is 0 Å². The second-order valence-electron chi connectivity index (χ2n) is 14.2. The molecule has 11 N–H and O–H groups in total. The summed E-state index contributed by atoms with van der Waals surface area (Å²) in [5.74, 6) is -4.84. The minimum absolute atomic E-state index is 0.00115. The van der Waals surface area contributed by atoms with Crippen LogP contribution in [0.3, 0.4) is 0 Å². The molecule has 0 aliphatic carbocycles. The van der Waals surface area contributed by atoms with Gasteiger partial charge in [0.15, 0.2) is 0 Å². The molecule has 0 aromatic carbocycles. The lowest BCUT2D eigenvalue weighted by molar-refractivity contribution is -0.135. The van der Waals surface area contributed by atoms with Gasteiger partial charge in [0.2, 0.25) is 47.3 Å². The second-order valence-corrected chi connectivity index (χ2v) is 14.2. The monoisotopic (exact) mass is 813 g/mol. The van der Waals surface area contributed by atoms with E-state index in [4.69, 9.17) is 15.3 Å². The topological polar surface area (TPSA) is 293 Å². The molecular formula is C38H68N8O11. The number of rotatable bonds is 33. The van der Waals surface area contributed by atoms with E-state index in [0.29, 0.717) is 13.0 Å². The molecule has 19 heteroatoms. The van der Waals surface area contributed by atoms with Crippen molar-refractivity contribution in [3.05, 3.63) is 0 Å². The fourth-order valence-electron chi connectivity index (χ4n) is 6.06. The first-order valence-corrected chi connectivity index (χ1v) is 20.6. The molecule has 0 aromatic rings. The van der Waals surface area contributed by atoms with Crippen molar-refractivity contribution in [2.24, 2.45) is 0 Å². The molecule has 57 heavy (non-hydrogen) atoms. The van der Waals surface area contributed by atoms with Crippen LogP contribution in [0.1, 0.15) is 122 Å². The van der Waals surface area contributed by atoms with Crippen molar-refractivity contribution in [2.75, 3.05) is 46.0 Å². The van der Waals surface area contributed by atoms with E-state index in [-0.39, 0.29) is 96.7 Å². The number of carbonyl (C=O) groups is 8. The maximum atomic E-state index is 13.8. The van der Waals surface area contributed by atoms with Crippen LogP contribution in [0.5, 0.6) is 0 Å². The van der Waals surface area contributed by atoms with Gasteiger partial charge in [-0.1, -0.05) is 64.7 Å². The first-order valence-electron chi connectivity index (χ1n) is 20.6. The molecule has 1 heterocycles. The average molecular weight is 813 g/mol. The van der Waals surface area contributed by atoms with Gasteiger partial charge in [0.05, 0.1) is 19.8 Å². The third-order valence-corrected chi connectivity index (χ3v) is 9.32. The Kier molecular flexibility index (Phi) is 28.2. The number of aliphatic hydroxyl groups excluding tert-OH is 3. The summed E-state index contributed by atoms with van der Waals surface area (Å²) in [6.07, 6.45) is 9.99. The van der Waals surface area contributed by atoms with Gasteiger partial charge in [-0.25, -0.2) is 0 Å². The van der Waals surface area contributed by atoms with Crippen molar-refractivity contribution in [2.45, 2.75) is 147 Å². The van der Waals surface area contributed by atoms with E-state index in [0.717, 1.165) is 25.7 Å². The van der Waals surface area contributed by atoms with Crippen molar-refractivity contribution in [1.82, 2.24) is 42.5 Å². The third-order valence-electron chi connectivity index (χ3n) is 9.32. The molecule has 8 amide bonds. The van der Waals surface area contributed by atoms with Gasteiger partial charge in [0.25, 0.3) is 0 Å². The Hall–Kier alpha value is -4.36. The molecule has 1 aliphatic rings. The maximum Gasteiger partial charge on any atom is 0.243 e. The Balaban J connectivity index is 3.11. The number of hydrogen-bond donors (Lipinski definition) is 11. The largest absolute Gasteiger partial charge is 0.395 e. The highest BCUT2D eigenvalue weighted by atomic mass is 16.3. The first kappa shape index (κ1) is 50.7. The quantitative estimate of drug-likeness (QED) is 0.0337. The highest BCUT2D eigenvalue weighted by Crippen LogP contribution is 2.12. The zero-order valence-corrected chi connectivity index (χ0v) is 33.6. The predicted molar refractivity (Wildman–Crippen MR) is 210 cm³/mol. The smallest absolute Gasteiger partial charge is 0.243 e. The van der Waals surface area contributed by atoms with Crippen molar-refractivity contribution in [3.8, 4) is 0 Å². The van der Waals surface area contributed by atoms with Crippen LogP contribution in [-0.2, 0) is 38.4 Å². The summed E-state index contributed by atoms with van der Waals surface area (Å²) < 4.78 is 0. The van der Waals surface area contributed by atoms with Crippen LogP contribution in [-0.4, -0.2) is 133 Å². The van der Waals surface area contributed by atoms with Gasteiger partial charge in [0, 0.05) is 51.9 Å². The SMILES string of the molecule is CCCCCCCCCCCCNC(=O)[C@H](CCC(=O)NCCO)NC(=O)[C@H](CCC(=O)NCCO)NC(=O)[C@H](CCC(=O)NCCO)NC(=O)[C@@H]1CCC(=O)N1. The lowest BCUT2D eigenvalue weighted by Crippen LogP contribution is -2.58. The standard InChI is InChI=1S/C38H68N8O11/c1-2-3-4-5-6-7-8-9-10-11-20-42-35(54)27(12-16-31(50)39-21-24-47)44-37(56)29(13-17-32(51)40-22-25-48)46-38(57)30(14-18-33(52)41-23-26-49)45-36(55)28-15-19-34(53)43-28/h27-30,47-49H,2-26H2,1H3,(H,39,50)(H,40,51)(H,41,52)(H,42,54)(H,43,53)(H,44,56)(H,45,55)(H,46,57)/t27-,28-,29-,30-/m0/s1. The van der Waals surface area contributed by atoms with Crippen molar-refractivity contribution < 1.29 is 53.7 Å². The molecule has 1 saturated heterocycles. The van der Waals surface area contributed by atoms with Gasteiger partial charge < -0.3 is 57.9 Å². The summed E-state index contributed by atoms with van der Waals surface area (Å²) in [6, 6.07) is -4.95. The molecule has 0 aromatic heterocycles. The molecule has 19 nitrogen and oxygen atoms in total. The molecule has 326 valence electrons. The van der Waals surface area contributed by atoms with E-state index >= 15 is 0 Å². The number of amides is 8. The van der Waals surface area contributed by atoms with Crippen molar-refractivity contribution >= 4 is 47.3 Å². The number of nitrogens with one attached hydrogen (secondary N) is 8. The Bertz CT molecular complexity index is 1260. The lowest BCUT2D eigenvalue weighted by Gasteiger charge is -2.26. The molecule has 0 spiro atoms. The van der Waals surface area contributed by atoms with E-state index < -0.39 is 65.5 Å². The first-order chi connectivity index (χ1) is 27.4. The normalized spacial score (nSPS) is 15.0. The molecule has 1 fully saturated rings. The van der Waals surface area contributed by atoms with Crippen LogP contribution in [0.2, 0.25) is 0 Å². The fraction of sp³-hybridized carbons (Fsp3) is 0.789. The van der Waals surface area contributed by atoms with E-state index in [9.17, 15) is 38.4 Å². The number of unbranched alkanes of at least 4 members (excludes halogenated alkanes) is 9. The number of aliphatic hydroxyl groups is 3. The highest BCUT2D eigenvalue weighted by molar-refractivity contribution is 5.97. The second kappa shape index (κ2) is 31.7. The highest BCUT2D eigenvalue weighted by Gasteiger charge is 2.33. The summed E-state index contributed by atoms with van der Waals surface area (Å²) in [4.78, 5) is 103. The molecule has 0 saturated carbocycles. The zero-order chi connectivity index (χ0) is 42.3. The van der Waals surface area contributed by atoms with Crippen LogP contribution in [0.15, 0.2) is 0 Å². The molecule has 0 bridgehead atoms. The minimum Gasteiger partial charge on any atom is -0.395 e. The Morgan fingerprint density at radius 3 is 1.37 bits per heavy atom. The van der Waals surface area contributed by atoms with Crippen LogP contribution in [0.25, 0.3) is 0 Å². The molecular weight excluding hydrogens is 744 g/mol. The van der Waals surface area contributed by atoms with Crippen LogP contribution < -0.4 is 42.5 Å².